The lowest BCUT2D eigenvalue weighted by atomic mass is 10.1. The van der Waals surface area contributed by atoms with E-state index in [2.05, 4.69) is 5.32 Å². The number of nitrogens with two attached hydrogens (primary N) is 1. The minimum absolute atomic E-state index is 0.0269. The zero-order valence-electron chi connectivity index (χ0n) is 12.3. The van der Waals surface area contributed by atoms with Gasteiger partial charge in [-0.3, -0.25) is 9.69 Å². The number of aliphatic hydroxyl groups is 1. The first-order valence-electron chi connectivity index (χ1n) is 7.18. The Balaban J connectivity index is 1.94. The zero-order valence-corrected chi connectivity index (χ0v) is 12.3. The van der Waals surface area contributed by atoms with Gasteiger partial charge in [-0.05, 0) is 18.6 Å². The van der Waals surface area contributed by atoms with Crippen LogP contribution in [0.5, 0.6) is 0 Å². The van der Waals surface area contributed by atoms with Crippen molar-refractivity contribution >= 4 is 11.6 Å². The quantitative estimate of drug-likeness (QED) is 0.720. The summed E-state index contributed by atoms with van der Waals surface area (Å²) < 4.78 is 5.47. The van der Waals surface area contributed by atoms with Gasteiger partial charge in [-0.2, -0.15) is 0 Å². The Morgan fingerprint density at radius 2 is 2.29 bits per heavy atom. The normalized spacial score (nSPS) is 23.0. The monoisotopic (exact) mass is 293 g/mol. The van der Waals surface area contributed by atoms with Gasteiger partial charge in [0.15, 0.2) is 0 Å². The number of amides is 1. The lowest BCUT2D eigenvalue weighted by molar-refractivity contribution is -0.122. The topological polar surface area (TPSA) is 87.8 Å². The van der Waals surface area contributed by atoms with Crippen LogP contribution in [0.3, 0.4) is 0 Å². The molecule has 0 spiro atoms. The molecule has 1 aliphatic rings. The molecule has 0 radical (unpaired) electrons. The van der Waals surface area contributed by atoms with Crippen LogP contribution in [0.2, 0.25) is 0 Å². The second kappa shape index (κ2) is 7.51. The highest BCUT2D eigenvalue weighted by molar-refractivity contribution is 5.93. The Labute approximate surface area is 124 Å². The van der Waals surface area contributed by atoms with Crippen LogP contribution in [0.25, 0.3) is 0 Å². The van der Waals surface area contributed by atoms with E-state index in [-0.39, 0.29) is 31.2 Å². The fraction of sp³-hybridized carbons (Fsp3) is 0.533. The molecule has 116 valence electrons. The number of nitrogens with zero attached hydrogens (tertiary/aromatic N) is 1. The number of aliphatic hydroxyl groups excluding tert-OH is 1. The maximum Gasteiger partial charge on any atom is 0.238 e. The SMILES string of the molecule is CC1COC(CO)CN1CC(=O)Nc1ccccc1CN. The van der Waals surface area contributed by atoms with E-state index in [1.165, 1.54) is 0 Å². The molecule has 1 fully saturated rings. The average Bonchev–Trinajstić information content (AvgIpc) is 2.50. The van der Waals surface area contributed by atoms with Crippen molar-refractivity contribution in [3.63, 3.8) is 0 Å². The van der Waals surface area contributed by atoms with Crippen molar-refractivity contribution in [2.24, 2.45) is 5.73 Å². The number of anilines is 1. The van der Waals surface area contributed by atoms with Crippen molar-refractivity contribution in [1.29, 1.82) is 0 Å². The highest BCUT2D eigenvalue weighted by Crippen LogP contribution is 2.15. The standard InChI is InChI=1S/C15H23N3O3/c1-11-10-21-13(9-19)7-18(11)8-15(20)17-14-5-3-2-4-12(14)6-16/h2-5,11,13,19H,6-10,16H2,1H3,(H,17,20). The maximum atomic E-state index is 12.2. The zero-order chi connectivity index (χ0) is 15.2. The van der Waals surface area contributed by atoms with Crippen molar-refractivity contribution in [1.82, 2.24) is 4.90 Å². The molecule has 1 aromatic carbocycles. The second-order valence-electron chi connectivity index (χ2n) is 5.33. The number of nitrogens with one attached hydrogen (secondary N) is 1. The van der Waals surface area contributed by atoms with Crippen LogP contribution >= 0.6 is 0 Å². The van der Waals surface area contributed by atoms with Crippen molar-refractivity contribution in [3.8, 4) is 0 Å². The molecule has 1 saturated heterocycles. The molecule has 6 nitrogen and oxygen atoms in total. The third-order valence-electron chi connectivity index (χ3n) is 3.70. The van der Waals surface area contributed by atoms with Gasteiger partial charge >= 0.3 is 0 Å². The van der Waals surface area contributed by atoms with Gasteiger partial charge in [-0.1, -0.05) is 18.2 Å². The van der Waals surface area contributed by atoms with Gasteiger partial charge in [-0.25, -0.2) is 0 Å². The molecule has 2 unspecified atom stereocenters. The molecule has 0 bridgehead atoms. The number of carbonyl (C=O) groups is 1. The van der Waals surface area contributed by atoms with Gasteiger partial charge < -0.3 is 20.9 Å². The Morgan fingerprint density at radius 3 is 3.00 bits per heavy atom. The van der Waals surface area contributed by atoms with Crippen LogP contribution < -0.4 is 11.1 Å². The summed E-state index contributed by atoms with van der Waals surface area (Å²) in [4.78, 5) is 14.2. The molecule has 4 N–H and O–H groups in total. The number of hydrogen-bond acceptors (Lipinski definition) is 5. The van der Waals surface area contributed by atoms with Crippen molar-refractivity contribution < 1.29 is 14.6 Å². The molecule has 6 heteroatoms. The van der Waals surface area contributed by atoms with Crippen LogP contribution in [-0.2, 0) is 16.1 Å². The van der Waals surface area contributed by atoms with Crippen molar-refractivity contribution in [2.75, 3.05) is 31.6 Å². The van der Waals surface area contributed by atoms with Crippen molar-refractivity contribution in [3.05, 3.63) is 29.8 Å². The van der Waals surface area contributed by atoms with E-state index in [0.717, 1.165) is 11.3 Å². The van der Waals surface area contributed by atoms with E-state index in [0.29, 0.717) is 19.7 Å². The minimum atomic E-state index is -0.217. The highest BCUT2D eigenvalue weighted by Gasteiger charge is 2.27. The number of para-hydroxylation sites is 1. The van der Waals surface area contributed by atoms with Crippen LogP contribution in [-0.4, -0.2) is 54.4 Å². The van der Waals surface area contributed by atoms with E-state index in [9.17, 15) is 4.79 Å². The van der Waals surface area contributed by atoms with E-state index >= 15 is 0 Å². The molecule has 0 saturated carbocycles. The van der Waals surface area contributed by atoms with Crippen LogP contribution in [0.1, 0.15) is 12.5 Å². The summed E-state index contributed by atoms with van der Waals surface area (Å²) in [6, 6.07) is 7.67. The van der Waals surface area contributed by atoms with Crippen LogP contribution in [0.4, 0.5) is 5.69 Å². The molecule has 2 rings (SSSR count). The number of rotatable bonds is 5. The first-order valence-corrected chi connectivity index (χ1v) is 7.18. The molecule has 1 aliphatic heterocycles. The third kappa shape index (κ3) is 4.25. The molecule has 1 aromatic rings. The highest BCUT2D eigenvalue weighted by atomic mass is 16.5. The van der Waals surface area contributed by atoms with E-state index < -0.39 is 0 Å². The van der Waals surface area contributed by atoms with Gasteiger partial charge in [-0.15, -0.1) is 0 Å². The van der Waals surface area contributed by atoms with Crippen molar-refractivity contribution in [2.45, 2.75) is 25.6 Å². The number of hydrogen-bond donors (Lipinski definition) is 3. The van der Waals surface area contributed by atoms with E-state index in [4.69, 9.17) is 15.6 Å². The summed E-state index contributed by atoms with van der Waals surface area (Å²) in [5, 5.41) is 12.1. The van der Waals surface area contributed by atoms with Gasteiger partial charge in [0.05, 0.1) is 25.9 Å². The number of morpholine rings is 1. The van der Waals surface area contributed by atoms with Crippen LogP contribution in [0, 0.1) is 0 Å². The lowest BCUT2D eigenvalue weighted by Crippen LogP contribution is -2.51. The first kappa shape index (κ1) is 15.9. The molecule has 2 atom stereocenters. The first-order chi connectivity index (χ1) is 10.1. The molecule has 0 aromatic heterocycles. The van der Waals surface area contributed by atoms with E-state index in [1.807, 2.05) is 36.1 Å². The smallest absolute Gasteiger partial charge is 0.238 e. The fourth-order valence-electron chi connectivity index (χ4n) is 2.40. The minimum Gasteiger partial charge on any atom is -0.394 e. The summed E-state index contributed by atoms with van der Waals surface area (Å²) in [7, 11) is 0. The molecular formula is C15H23N3O3. The summed E-state index contributed by atoms with van der Waals surface area (Å²) in [6.07, 6.45) is -0.217. The predicted octanol–water partition coefficient (Wildman–Crippen LogP) is 0.165. The van der Waals surface area contributed by atoms with E-state index in [1.54, 1.807) is 0 Å². The van der Waals surface area contributed by atoms with Crippen LogP contribution in [0.15, 0.2) is 24.3 Å². The third-order valence-corrected chi connectivity index (χ3v) is 3.70. The van der Waals surface area contributed by atoms with Gasteiger partial charge in [0.1, 0.15) is 0 Å². The summed E-state index contributed by atoms with van der Waals surface area (Å²) in [6.45, 7) is 3.73. The maximum absolute atomic E-state index is 12.2. The Kier molecular flexibility index (Phi) is 5.69. The molecule has 1 amide bonds. The predicted molar refractivity (Wildman–Crippen MR) is 80.8 cm³/mol. The number of carbonyl (C=O) groups excluding carboxylic acids is 1. The largest absolute Gasteiger partial charge is 0.394 e. The summed E-state index contributed by atoms with van der Waals surface area (Å²) >= 11 is 0. The summed E-state index contributed by atoms with van der Waals surface area (Å²) in [5.41, 5.74) is 7.33. The van der Waals surface area contributed by atoms with Gasteiger partial charge in [0, 0.05) is 24.8 Å². The average molecular weight is 293 g/mol. The Bertz CT molecular complexity index is 481. The summed E-state index contributed by atoms with van der Waals surface area (Å²) in [5.74, 6) is -0.0821. The molecule has 0 aliphatic carbocycles. The lowest BCUT2D eigenvalue weighted by Gasteiger charge is -2.36. The molecule has 1 heterocycles. The Hall–Kier alpha value is -1.47. The number of ether oxygens (including phenoxy) is 1. The Morgan fingerprint density at radius 1 is 1.52 bits per heavy atom. The fourth-order valence-corrected chi connectivity index (χ4v) is 2.40. The van der Waals surface area contributed by atoms with Gasteiger partial charge in [0.25, 0.3) is 0 Å². The second-order valence-corrected chi connectivity index (χ2v) is 5.33. The molecular weight excluding hydrogens is 270 g/mol. The van der Waals surface area contributed by atoms with Gasteiger partial charge in [0.2, 0.25) is 5.91 Å². The molecule has 21 heavy (non-hydrogen) atoms. The number of benzene rings is 1.